The molecule has 2 rings (SSSR count). The van der Waals surface area contributed by atoms with E-state index in [1.165, 1.54) is 12.1 Å². The first kappa shape index (κ1) is 18.7. The summed E-state index contributed by atoms with van der Waals surface area (Å²) in [6, 6.07) is 6.73. The second-order valence-corrected chi connectivity index (χ2v) is 5.83. The lowest BCUT2D eigenvalue weighted by Crippen LogP contribution is -2.20. The monoisotopic (exact) mass is 397 g/mol. The molecule has 0 bridgehead atoms. The van der Waals surface area contributed by atoms with Gasteiger partial charge in [0.2, 0.25) is 0 Å². The summed E-state index contributed by atoms with van der Waals surface area (Å²) in [5, 5.41) is 3.10. The van der Waals surface area contributed by atoms with Crippen LogP contribution in [-0.4, -0.2) is 12.5 Å². The maximum atomic E-state index is 12.4. The van der Waals surface area contributed by atoms with Gasteiger partial charge in [-0.15, -0.1) is 0 Å². The molecule has 0 spiro atoms. The Morgan fingerprint density at radius 3 is 2.17 bits per heavy atom. The molecule has 0 heterocycles. The number of rotatable bonds is 4. The molecule has 0 radical (unpaired) electrons. The minimum Gasteiger partial charge on any atom is -0.484 e. The first-order chi connectivity index (χ1) is 11.2. The highest BCUT2D eigenvalue weighted by atomic mass is 35.5. The van der Waals surface area contributed by atoms with Crippen molar-refractivity contribution in [2.45, 2.75) is 6.18 Å². The molecule has 0 saturated heterocycles. The molecule has 0 aliphatic carbocycles. The summed E-state index contributed by atoms with van der Waals surface area (Å²) in [5.74, 6) is -0.437. The number of amides is 1. The van der Waals surface area contributed by atoms with E-state index in [4.69, 9.17) is 39.5 Å². The number of hydrogen-bond donors (Lipinski definition) is 1. The van der Waals surface area contributed by atoms with Crippen LogP contribution in [0.5, 0.6) is 5.75 Å². The van der Waals surface area contributed by atoms with Crippen LogP contribution in [0.2, 0.25) is 15.1 Å². The summed E-state index contributed by atoms with van der Waals surface area (Å²) in [6.07, 6.45) is -4.43. The number of alkyl halides is 3. The highest BCUT2D eigenvalue weighted by molar-refractivity contribution is 6.44. The Kier molecular flexibility index (Phi) is 5.85. The molecule has 1 N–H and O–H groups in total. The number of benzene rings is 2. The van der Waals surface area contributed by atoms with Crippen LogP contribution >= 0.6 is 34.8 Å². The van der Waals surface area contributed by atoms with Gasteiger partial charge in [-0.1, -0.05) is 34.8 Å². The fourth-order valence-corrected chi connectivity index (χ4v) is 2.29. The number of anilines is 1. The number of nitrogens with one attached hydrogen (secondary N) is 1. The van der Waals surface area contributed by atoms with Gasteiger partial charge in [-0.3, -0.25) is 4.79 Å². The van der Waals surface area contributed by atoms with Gasteiger partial charge in [-0.05, 0) is 36.4 Å². The summed E-state index contributed by atoms with van der Waals surface area (Å²) in [5.41, 5.74) is -0.561. The largest absolute Gasteiger partial charge is 0.484 e. The van der Waals surface area contributed by atoms with Crippen LogP contribution in [0.1, 0.15) is 5.56 Å². The number of carbonyl (C=O) groups is 1. The van der Waals surface area contributed by atoms with Crippen molar-refractivity contribution in [2.75, 3.05) is 11.9 Å². The van der Waals surface area contributed by atoms with Gasteiger partial charge >= 0.3 is 6.18 Å². The van der Waals surface area contributed by atoms with Gasteiger partial charge in [0.15, 0.2) is 6.61 Å². The van der Waals surface area contributed by atoms with Crippen molar-refractivity contribution in [2.24, 2.45) is 0 Å². The molecular formula is C15H9Cl3F3NO2. The second kappa shape index (κ2) is 7.51. The van der Waals surface area contributed by atoms with E-state index in [0.717, 1.165) is 24.3 Å². The smallest absolute Gasteiger partial charge is 0.416 e. The lowest BCUT2D eigenvalue weighted by Gasteiger charge is -2.11. The Labute approximate surface area is 150 Å². The third-order valence-corrected chi connectivity index (χ3v) is 3.87. The third-order valence-electron chi connectivity index (χ3n) is 2.84. The standard InChI is InChI=1S/C15H9Cl3F3NO2/c16-10-5-12(18)13(6-11(10)17)22-14(23)7-24-9-3-1-8(2-4-9)15(19,20)21/h1-6H,7H2,(H,22,23). The SMILES string of the molecule is O=C(COc1ccc(C(F)(F)F)cc1)Nc1cc(Cl)c(Cl)cc1Cl. The fraction of sp³-hybridized carbons (Fsp3) is 0.133. The van der Waals surface area contributed by atoms with Crippen LogP contribution in [0.3, 0.4) is 0 Å². The van der Waals surface area contributed by atoms with Gasteiger partial charge in [-0.2, -0.15) is 13.2 Å². The first-order valence-corrected chi connectivity index (χ1v) is 7.54. The number of ether oxygens (including phenoxy) is 1. The minimum absolute atomic E-state index is 0.124. The van der Waals surface area contributed by atoms with Crippen molar-refractivity contribution in [1.82, 2.24) is 0 Å². The zero-order valence-electron chi connectivity index (χ0n) is 11.8. The molecule has 24 heavy (non-hydrogen) atoms. The van der Waals surface area contributed by atoms with E-state index in [0.29, 0.717) is 0 Å². The Morgan fingerprint density at radius 1 is 1.00 bits per heavy atom. The van der Waals surface area contributed by atoms with E-state index in [2.05, 4.69) is 5.32 Å². The Hall–Kier alpha value is -1.63. The Balaban J connectivity index is 1.95. The molecule has 2 aromatic rings. The summed E-state index contributed by atoms with van der Waals surface area (Å²) in [7, 11) is 0. The molecule has 0 atom stereocenters. The van der Waals surface area contributed by atoms with Gasteiger partial charge < -0.3 is 10.1 Å². The highest BCUT2D eigenvalue weighted by Gasteiger charge is 2.30. The van der Waals surface area contributed by atoms with Crippen LogP contribution in [-0.2, 0) is 11.0 Å². The number of carbonyl (C=O) groups excluding carboxylic acids is 1. The summed E-state index contributed by atoms with van der Waals surface area (Å²) in [6.45, 7) is -0.415. The van der Waals surface area contributed by atoms with Crippen molar-refractivity contribution in [3.8, 4) is 5.75 Å². The van der Waals surface area contributed by atoms with Crippen molar-refractivity contribution >= 4 is 46.4 Å². The van der Waals surface area contributed by atoms with E-state index in [-0.39, 0.29) is 26.5 Å². The predicted octanol–water partition coefficient (Wildman–Crippen LogP) is 5.68. The molecule has 128 valence electrons. The van der Waals surface area contributed by atoms with E-state index in [1.54, 1.807) is 0 Å². The van der Waals surface area contributed by atoms with Gasteiger partial charge in [0.25, 0.3) is 5.91 Å². The van der Waals surface area contributed by atoms with Crippen LogP contribution in [0.4, 0.5) is 18.9 Å². The molecule has 3 nitrogen and oxygen atoms in total. The van der Waals surface area contributed by atoms with Crippen LogP contribution in [0.25, 0.3) is 0 Å². The van der Waals surface area contributed by atoms with Crippen LogP contribution in [0.15, 0.2) is 36.4 Å². The molecule has 0 aliphatic rings. The second-order valence-electron chi connectivity index (χ2n) is 4.61. The van der Waals surface area contributed by atoms with Gasteiger partial charge in [0.1, 0.15) is 5.75 Å². The maximum absolute atomic E-state index is 12.4. The Bertz CT molecular complexity index is 749. The Morgan fingerprint density at radius 2 is 1.58 bits per heavy atom. The molecule has 0 aromatic heterocycles. The molecule has 0 fully saturated rings. The fourth-order valence-electron chi connectivity index (χ4n) is 1.69. The maximum Gasteiger partial charge on any atom is 0.416 e. The zero-order valence-corrected chi connectivity index (χ0v) is 14.0. The van der Waals surface area contributed by atoms with E-state index < -0.39 is 24.3 Å². The van der Waals surface area contributed by atoms with E-state index >= 15 is 0 Å². The summed E-state index contributed by atoms with van der Waals surface area (Å²) >= 11 is 17.5. The highest BCUT2D eigenvalue weighted by Crippen LogP contribution is 2.32. The minimum atomic E-state index is -4.43. The van der Waals surface area contributed by atoms with Gasteiger partial charge in [0, 0.05) is 0 Å². The average molecular weight is 399 g/mol. The molecule has 2 aromatic carbocycles. The normalized spacial score (nSPS) is 11.2. The molecule has 1 amide bonds. The molecule has 9 heteroatoms. The van der Waals surface area contributed by atoms with Crippen molar-refractivity contribution in [3.63, 3.8) is 0 Å². The first-order valence-electron chi connectivity index (χ1n) is 6.41. The van der Waals surface area contributed by atoms with Crippen molar-refractivity contribution < 1.29 is 22.7 Å². The summed E-state index contributed by atoms with van der Waals surface area (Å²) < 4.78 is 42.4. The van der Waals surface area contributed by atoms with Crippen LogP contribution < -0.4 is 10.1 Å². The molecular weight excluding hydrogens is 390 g/mol. The van der Waals surface area contributed by atoms with E-state index in [9.17, 15) is 18.0 Å². The quantitative estimate of drug-likeness (QED) is 0.673. The summed E-state index contributed by atoms with van der Waals surface area (Å²) in [4.78, 5) is 11.8. The van der Waals surface area contributed by atoms with E-state index in [1.807, 2.05) is 0 Å². The van der Waals surface area contributed by atoms with Gasteiger partial charge in [-0.25, -0.2) is 0 Å². The van der Waals surface area contributed by atoms with Crippen molar-refractivity contribution in [1.29, 1.82) is 0 Å². The third kappa shape index (κ3) is 4.93. The topological polar surface area (TPSA) is 38.3 Å². The molecule has 0 aliphatic heterocycles. The number of halogens is 6. The predicted molar refractivity (Wildman–Crippen MR) is 87.0 cm³/mol. The molecule has 0 unspecified atom stereocenters. The molecule has 0 saturated carbocycles. The number of hydrogen-bond acceptors (Lipinski definition) is 2. The average Bonchev–Trinajstić information content (AvgIpc) is 2.50. The zero-order chi connectivity index (χ0) is 17.9. The lowest BCUT2D eigenvalue weighted by atomic mass is 10.2. The van der Waals surface area contributed by atoms with Crippen molar-refractivity contribution in [3.05, 3.63) is 57.0 Å². The lowest BCUT2D eigenvalue weighted by molar-refractivity contribution is -0.137. The van der Waals surface area contributed by atoms with Gasteiger partial charge in [0.05, 0.1) is 26.3 Å². The van der Waals surface area contributed by atoms with Crippen LogP contribution in [0, 0.1) is 0 Å².